The van der Waals surface area contributed by atoms with Gasteiger partial charge in [0, 0.05) is 11.0 Å². The third-order valence-corrected chi connectivity index (χ3v) is 4.28. The first kappa shape index (κ1) is 20.8. The zero-order valence-corrected chi connectivity index (χ0v) is 16.5. The van der Waals surface area contributed by atoms with E-state index in [0.717, 1.165) is 32.1 Å². The van der Waals surface area contributed by atoms with Crippen molar-refractivity contribution >= 4 is 12.0 Å². The van der Waals surface area contributed by atoms with Gasteiger partial charge in [-0.25, -0.2) is 4.79 Å². The van der Waals surface area contributed by atoms with Crippen LogP contribution in [0.25, 0.3) is 0 Å². The Labute approximate surface area is 147 Å². The van der Waals surface area contributed by atoms with E-state index in [-0.39, 0.29) is 23.6 Å². The molecule has 140 valence electrons. The Kier molecular flexibility index (Phi) is 7.11. The summed E-state index contributed by atoms with van der Waals surface area (Å²) in [5.74, 6) is 0.484. The van der Waals surface area contributed by atoms with E-state index in [4.69, 9.17) is 4.74 Å². The van der Waals surface area contributed by atoms with Crippen LogP contribution >= 0.6 is 0 Å². The van der Waals surface area contributed by atoms with Crippen molar-refractivity contribution in [1.29, 1.82) is 0 Å². The highest BCUT2D eigenvalue weighted by molar-refractivity contribution is 5.81. The maximum Gasteiger partial charge on any atom is 0.407 e. The van der Waals surface area contributed by atoms with E-state index in [1.54, 1.807) is 0 Å². The third-order valence-electron chi connectivity index (χ3n) is 4.28. The topological polar surface area (TPSA) is 67.4 Å². The van der Waals surface area contributed by atoms with E-state index in [9.17, 15) is 9.59 Å². The van der Waals surface area contributed by atoms with Gasteiger partial charge in [0.05, 0.1) is 6.04 Å². The minimum absolute atomic E-state index is 0.00514. The van der Waals surface area contributed by atoms with Crippen molar-refractivity contribution in [2.75, 3.05) is 0 Å². The second-order valence-electron chi connectivity index (χ2n) is 9.27. The van der Waals surface area contributed by atoms with Crippen LogP contribution < -0.4 is 10.6 Å². The van der Waals surface area contributed by atoms with E-state index in [1.165, 1.54) is 0 Å². The van der Waals surface area contributed by atoms with Gasteiger partial charge in [0.25, 0.3) is 0 Å². The molecule has 0 aromatic carbocycles. The highest BCUT2D eigenvalue weighted by atomic mass is 16.6. The first-order valence-electron chi connectivity index (χ1n) is 9.18. The molecule has 0 heterocycles. The maximum absolute atomic E-state index is 12.4. The van der Waals surface area contributed by atoms with Crippen LogP contribution in [0.15, 0.2) is 0 Å². The number of ether oxygens (including phenoxy) is 1. The SMILES string of the molecule is CC1CCCCC(NC(=O)C(C)(C)C)C(OC(=O)NC(C)(C)C)C1. The monoisotopic (exact) mass is 340 g/mol. The molecule has 5 heteroatoms. The van der Waals surface area contributed by atoms with Crippen molar-refractivity contribution in [3.8, 4) is 0 Å². The summed E-state index contributed by atoms with van der Waals surface area (Å²) < 4.78 is 5.73. The molecule has 1 aliphatic carbocycles. The van der Waals surface area contributed by atoms with E-state index >= 15 is 0 Å². The molecule has 0 bridgehead atoms. The van der Waals surface area contributed by atoms with E-state index in [0.29, 0.717) is 5.92 Å². The fraction of sp³-hybridized carbons (Fsp3) is 0.895. The second-order valence-corrected chi connectivity index (χ2v) is 9.27. The number of hydrogen-bond donors (Lipinski definition) is 2. The molecular formula is C19H36N2O3. The quantitative estimate of drug-likeness (QED) is 0.798. The summed E-state index contributed by atoms with van der Waals surface area (Å²) >= 11 is 0. The molecule has 24 heavy (non-hydrogen) atoms. The molecule has 3 unspecified atom stereocenters. The molecule has 1 saturated carbocycles. The Morgan fingerprint density at radius 3 is 2.12 bits per heavy atom. The van der Waals surface area contributed by atoms with Crippen molar-refractivity contribution in [3.05, 3.63) is 0 Å². The van der Waals surface area contributed by atoms with Crippen LogP contribution in [0.4, 0.5) is 4.79 Å². The minimum Gasteiger partial charge on any atom is -0.444 e. The van der Waals surface area contributed by atoms with Crippen LogP contribution in [0, 0.1) is 11.3 Å². The molecule has 1 rings (SSSR count). The predicted octanol–water partition coefficient (Wildman–Crippen LogP) is 4.01. The Bertz CT molecular complexity index is 435. The minimum atomic E-state index is -0.452. The molecule has 0 radical (unpaired) electrons. The Morgan fingerprint density at radius 2 is 1.58 bits per heavy atom. The number of rotatable bonds is 2. The fourth-order valence-electron chi connectivity index (χ4n) is 2.88. The number of nitrogens with one attached hydrogen (secondary N) is 2. The lowest BCUT2D eigenvalue weighted by molar-refractivity contribution is -0.130. The molecule has 0 spiro atoms. The van der Waals surface area contributed by atoms with Gasteiger partial charge >= 0.3 is 6.09 Å². The molecule has 2 amide bonds. The zero-order chi connectivity index (χ0) is 18.5. The van der Waals surface area contributed by atoms with Crippen LogP contribution in [0.5, 0.6) is 0 Å². The molecule has 0 aliphatic heterocycles. The number of alkyl carbamates (subject to hydrolysis) is 1. The van der Waals surface area contributed by atoms with Crippen molar-refractivity contribution < 1.29 is 14.3 Å². The second kappa shape index (κ2) is 8.21. The van der Waals surface area contributed by atoms with Crippen molar-refractivity contribution in [3.63, 3.8) is 0 Å². The molecule has 0 saturated heterocycles. The van der Waals surface area contributed by atoms with E-state index in [2.05, 4.69) is 17.6 Å². The Balaban J connectivity index is 2.84. The number of carbonyl (C=O) groups excluding carboxylic acids is 2. The molecule has 0 aromatic heterocycles. The summed E-state index contributed by atoms with van der Waals surface area (Å²) in [6.45, 7) is 13.7. The van der Waals surface area contributed by atoms with Gasteiger partial charge in [-0.05, 0) is 39.5 Å². The summed E-state index contributed by atoms with van der Waals surface area (Å²) in [6.07, 6.45) is 4.28. The molecule has 1 fully saturated rings. The van der Waals surface area contributed by atoms with Crippen LogP contribution in [0.3, 0.4) is 0 Å². The fourth-order valence-corrected chi connectivity index (χ4v) is 2.88. The van der Waals surface area contributed by atoms with Gasteiger partial charge in [0.1, 0.15) is 6.10 Å². The van der Waals surface area contributed by atoms with Crippen LogP contribution in [0.2, 0.25) is 0 Å². The number of hydrogen-bond acceptors (Lipinski definition) is 3. The smallest absolute Gasteiger partial charge is 0.407 e. The normalized spacial score (nSPS) is 26.0. The maximum atomic E-state index is 12.4. The van der Waals surface area contributed by atoms with Crippen LogP contribution in [-0.4, -0.2) is 29.7 Å². The van der Waals surface area contributed by atoms with Gasteiger partial charge in [-0.2, -0.15) is 0 Å². The van der Waals surface area contributed by atoms with Crippen LogP contribution in [0.1, 0.15) is 80.6 Å². The largest absolute Gasteiger partial charge is 0.444 e. The van der Waals surface area contributed by atoms with Gasteiger partial charge in [-0.1, -0.05) is 47.0 Å². The van der Waals surface area contributed by atoms with Gasteiger partial charge < -0.3 is 15.4 Å². The van der Waals surface area contributed by atoms with Gasteiger partial charge in [-0.15, -0.1) is 0 Å². The lowest BCUT2D eigenvalue weighted by Crippen LogP contribution is -2.51. The number of carbonyl (C=O) groups is 2. The average Bonchev–Trinajstić information content (AvgIpc) is 2.36. The van der Waals surface area contributed by atoms with Crippen LogP contribution in [-0.2, 0) is 9.53 Å². The van der Waals surface area contributed by atoms with E-state index < -0.39 is 11.5 Å². The molecule has 0 aromatic rings. The summed E-state index contributed by atoms with van der Waals surface area (Å²) in [5.41, 5.74) is -0.791. The van der Waals surface area contributed by atoms with Gasteiger partial charge in [-0.3, -0.25) is 4.79 Å². The van der Waals surface area contributed by atoms with Crippen molar-refractivity contribution in [2.45, 2.75) is 98.3 Å². The Hall–Kier alpha value is -1.26. The van der Waals surface area contributed by atoms with Crippen molar-refractivity contribution in [1.82, 2.24) is 10.6 Å². The average molecular weight is 341 g/mol. The lowest BCUT2D eigenvalue weighted by Gasteiger charge is -2.34. The summed E-state index contributed by atoms with van der Waals surface area (Å²) in [4.78, 5) is 24.6. The zero-order valence-electron chi connectivity index (χ0n) is 16.5. The highest BCUT2D eigenvalue weighted by Gasteiger charge is 2.33. The molecule has 3 atom stereocenters. The third kappa shape index (κ3) is 7.54. The molecule has 1 aliphatic rings. The van der Waals surface area contributed by atoms with Crippen molar-refractivity contribution in [2.24, 2.45) is 11.3 Å². The first-order chi connectivity index (χ1) is 10.9. The molecule has 5 nitrogen and oxygen atoms in total. The van der Waals surface area contributed by atoms with E-state index in [1.807, 2.05) is 41.5 Å². The molecular weight excluding hydrogens is 304 g/mol. The number of amides is 2. The summed E-state index contributed by atoms with van der Waals surface area (Å²) in [7, 11) is 0. The van der Waals surface area contributed by atoms with Gasteiger partial charge in [0.2, 0.25) is 5.91 Å². The summed E-state index contributed by atoms with van der Waals surface area (Å²) in [5, 5.41) is 5.97. The Morgan fingerprint density at radius 1 is 1.00 bits per heavy atom. The molecule has 2 N–H and O–H groups in total. The first-order valence-corrected chi connectivity index (χ1v) is 9.18. The summed E-state index contributed by atoms with van der Waals surface area (Å²) in [6, 6.07) is -0.120. The lowest BCUT2D eigenvalue weighted by atomic mass is 9.87. The highest BCUT2D eigenvalue weighted by Crippen LogP contribution is 2.26. The van der Waals surface area contributed by atoms with Gasteiger partial charge in [0.15, 0.2) is 0 Å². The predicted molar refractivity (Wildman–Crippen MR) is 96.8 cm³/mol. The standard InChI is InChI=1S/C19H36N2O3/c1-13-10-8-9-11-14(20-16(22)18(2,3)4)15(12-13)24-17(23)21-19(5,6)7/h13-15H,8-12H2,1-7H3,(H,20,22)(H,21,23).